The number of hydrogen-bond donors (Lipinski definition) is 1. The standard InChI is InChI=1S/C90H62N6S2/c1-5-17-57(18-6-1)61-35-39-65(40-36-61)85-91-87(71-28-16-27-69(50-71)68-26-15-25-67(49-68)59-21-9-3-10-22-59)95-88(92-85)73-45-48-80-79-46-43-70(54-82(79)98-84(80)56-73)63-31-33-64(34-32-63)75-51-74(60-23-11-4-12-24-60)52-76(53-75)90-94-86(66-41-37-62(38-42-66)58-19-7-2-8-20-58)93-89(96-90)72-44-47-78-77-29-13-14-30-81(77)97-83(78)55-72/h1-5,7-17,19-54,56,72,86H,6,18,55H2,(H,93,94,96). The Bertz CT molecular complexity index is 5730. The molecule has 0 saturated carbocycles. The molecule has 3 aliphatic rings. The van der Waals surface area contributed by atoms with Crippen molar-refractivity contribution in [2.45, 2.75) is 25.4 Å². The smallest absolute Gasteiger partial charge is 0.164 e. The molecule has 1 N–H and O–H groups in total. The van der Waals surface area contributed by atoms with Gasteiger partial charge in [-0.2, -0.15) is 0 Å². The maximum Gasteiger partial charge on any atom is 0.164 e. The molecule has 0 fully saturated rings. The van der Waals surface area contributed by atoms with Gasteiger partial charge in [-0.3, -0.25) is 0 Å². The number of fused-ring (bicyclic) bond motifs is 6. The van der Waals surface area contributed by atoms with Gasteiger partial charge < -0.3 is 5.32 Å². The lowest BCUT2D eigenvalue weighted by Crippen LogP contribution is -2.35. The third-order valence-electron chi connectivity index (χ3n) is 19.2. The van der Waals surface area contributed by atoms with Crippen LogP contribution in [-0.2, 0) is 6.42 Å². The first-order valence-electron chi connectivity index (χ1n) is 33.5. The van der Waals surface area contributed by atoms with Gasteiger partial charge in [-0.25, -0.2) is 24.9 Å². The summed E-state index contributed by atoms with van der Waals surface area (Å²) in [5, 5.41) is 7.58. The lowest BCUT2D eigenvalue weighted by Gasteiger charge is -2.27. The van der Waals surface area contributed by atoms with Crippen molar-refractivity contribution in [2.75, 3.05) is 0 Å². The van der Waals surface area contributed by atoms with E-state index in [2.05, 4.69) is 327 Å². The number of rotatable bonds is 13. The van der Waals surface area contributed by atoms with Crippen LogP contribution in [0.25, 0.3) is 143 Å². The van der Waals surface area contributed by atoms with Crippen molar-refractivity contribution >= 4 is 76.3 Å². The van der Waals surface area contributed by atoms with E-state index in [0.29, 0.717) is 17.5 Å². The van der Waals surface area contributed by atoms with Crippen molar-refractivity contribution in [1.29, 1.82) is 0 Å². The van der Waals surface area contributed by atoms with E-state index >= 15 is 0 Å². The fraction of sp³-hybridized carbons (Fsp3) is 0.0556. The SMILES string of the molecule is C1=CCCC(c2ccc(-c3nc(-c4cccc(-c5cccc(-c6ccccc6)c5)c4)nc(-c4ccc5c(c4)sc4cc(-c6ccc(-c7cc(C8=NC(C9C=Cc%10c(sc%11ccccc%10%11)C9)=NC(c9ccc(-c%10ccccc%10)cc9)N8)cc(-c8ccccc8)c7)cc6)ccc45)n3)cc2)=C1. The molecule has 1 aliphatic heterocycles. The summed E-state index contributed by atoms with van der Waals surface area (Å²) in [4.78, 5) is 28.1. The molecule has 4 heterocycles. The highest BCUT2D eigenvalue weighted by Crippen LogP contribution is 2.42. The second-order valence-corrected chi connectivity index (χ2v) is 27.6. The lowest BCUT2D eigenvalue weighted by molar-refractivity contribution is 0.658. The Labute approximate surface area is 577 Å². The minimum Gasteiger partial charge on any atom is -0.344 e. The van der Waals surface area contributed by atoms with Crippen LogP contribution in [0.5, 0.6) is 0 Å². The minimum atomic E-state index is -0.346. The first kappa shape index (κ1) is 58.7. The first-order chi connectivity index (χ1) is 48.5. The molecule has 3 aromatic heterocycles. The number of amidine groups is 2. The van der Waals surface area contributed by atoms with Gasteiger partial charge in [-0.05, 0) is 162 Å². The molecular weight excluding hydrogens is 1230 g/mol. The summed E-state index contributed by atoms with van der Waals surface area (Å²) < 4.78 is 3.70. The molecule has 18 rings (SSSR count). The third kappa shape index (κ3) is 11.6. The number of thiophene rings is 2. The molecule has 0 saturated heterocycles. The Balaban J connectivity index is 0.666. The van der Waals surface area contributed by atoms with Gasteiger partial charge >= 0.3 is 0 Å². The minimum absolute atomic E-state index is 0.0131. The van der Waals surface area contributed by atoms with Crippen LogP contribution < -0.4 is 5.32 Å². The van der Waals surface area contributed by atoms with Gasteiger partial charge in [0.1, 0.15) is 17.8 Å². The lowest BCUT2D eigenvalue weighted by atomic mass is 9.92. The number of aliphatic imine (C=N–C) groups is 2. The highest BCUT2D eigenvalue weighted by molar-refractivity contribution is 7.25. The Morgan fingerprint density at radius 2 is 0.816 bits per heavy atom. The summed E-state index contributed by atoms with van der Waals surface area (Å²) in [7, 11) is 0. The van der Waals surface area contributed by atoms with Gasteiger partial charge in [0.15, 0.2) is 17.5 Å². The van der Waals surface area contributed by atoms with E-state index in [1.54, 1.807) is 11.3 Å². The fourth-order valence-corrected chi connectivity index (χ4v) is 16.5. The average molecular weight is 1290 g/mol. The zero-order valence-corrected chi connectivity index (χ0v) is 55.1. The summed E-state index contributed by atoms with van der Waals surface area (Å²) >= 11 is 3.69. The first-order valence-corrected chi connectivity index (χ1v) is 35.1. The van der Waals surface area contributed by atoms with E-state index in [1.165, 1.54) is 74.1 Å². The van der Waals surface area contributed by atoms with Crippen molar-refractivity contribution < 1.29 is 0 Å². The van der Waals surface area contributed by atoms with E-state index in [4.69, 9.17) is 24.9 Å². The molecule has 464 valence electrons. The van der Waals surface area contributed by atoms with Gasteiger partial charge in [0.05, 0.1) is 0 Å². The number of benzene rings is 12. The predicted molar refractivity (Wildman–Crippen MR) is 412 cm³/mol. The van der Waals surface area contributed by atoms with E-state index in [1.807, 2.05) is 11.3 Å². The number of aromatic nitrogens is 3. The van der Waals surface area contributed by atoms with Crippen LogP contribution in [0.4, 0.5) is 0 Å². The van der Waals surface area contributed by atoms with Crippen molar-refractivity contribution in [3.05, 3.63) is 343 Å². The largest absolute Gasteiger partial charge is 0.344 e. The average Bonchev–Trinajstić information content (AvgIpc) is 1.57. The summed E-state index contributed by atoms with van der Waals surface area (Å²) in [6, 6.07) is 105. The second kappa shape index (κ2) is 25.4. The monoisotopic (exact) mass is 1290 g/mol. The van der Waals surface area contributed by atoms with Gasteiger partial charge in [0.2, 0.25) is 0 Å². The molecule has 0 bridgehead atoms. The molecule has 2 atom stereocenters. The quantitative estimate of drug-likeness (QED) is 0.125. The van der Waals surface area contributed by atoms with E-state index < -0.39 is 0 Å². The van der Waals surface area contributed by atoms with E-state index in [9.17, 15) is 0 Å². The molecule has 8 heteroatoms. The molecule has 98 heavy (non-hydrogen) atoms. The highest BCUT2D eigenvalue weighted by Gasteiger charge is 2.29. The van der Waals surface area contributed by atoms with Gasteiger partial charge in [0.25, 0.3) is 0 Å². The molecule has 6 nitrogen and oxygen atoms in total. The third-order valence-corrected chi connectivity index (χ3v) is 21.5. The molecule has 2 unspecified atom stereocenters. The number of allylic oxidation sites excluding steroid dienone is 4. The van der Waals surface area contributed by atoms with Crippen LogP contribution in [-0.4, -0.2) is 26.6 Å². The molecular formula is C90H62N6S2. The Hall–Kier alpha value is -11.8. The molecule has 15 aromatic rings. The fourth-order valence-electron chi connectivity index (χ4n) is 14.0. The maximum absolute atomic E-state index is 5.49. The van der Waals surface area contributed by atoms with Gasteiger partial charge in [0, 0.05) is 57.9 Å². The molecule has 0 spiro atoms. The van der Waals surface area contributed by atoms with Crippen molar-refractivity contribution in [3.63, 3.8) is 0 Å². The summed E-state index contributed by atoms with van der Waals surface area (Å²) in [6.45, 7) is 0. The van der Waals surface area contributed by atoms with Crippen molar-refractivity contribution in [3.8, 4) is 101 Å². The molecule has 2 aliphatic carbocycles. The molecule has 0 amide bonds. The highest BCUT2D eigenvalue weighted by atomic mass is 32.1. The van der Waals surface area contributed by atoms with Crippen LogP contribution in [0.15, 0.2) is 325 Å². The van der Waals surface area contributed by atoms with E-state index in [-0.39, 0.29) is 12.1 Å². The summed E-state index contributed by atoms with van der Waals surface area (Å²) in [6.07, 6.45) is 13.8. The van der Waals surface area contributed by atoms with Gasteiger partial charge in [-0.1, -0.05) is 273 Å². The molecule has 0 radical (unpaired) electrons. The van der Waals surface area contributed by atoms with Gasteiger partial charge in [-0.15, -0.1) is 22.7 Å². The Morgan fingerprint density at radius 1 is 0.357 bits per heavy atom. The predicted octanol–water partition coefficient (Wildman–Crippen LogP) is 23.5. The maximum atomic E-state index is 5.49. The number of nitrogens with zero attached hydrogens (tertiary/aromatic N) is 5. The summed E-state index contributed by atoms with van der Waals surface area (Å²) in [5.41, 5.74) is 22.5. The van der Waals surface area contributed by atoms with Crippen LogP contribution in [0.1, 0.15) is 46.1 Å². The zero-order chi connectivity index (χ0) is 64.9. The van der Waals surface area contributed by atoms with E-state index in [0.717, 1.165) is 103 Å². The van der Waals surface area contributed by atoms with Crippen molar-refractivity contribution in [2.24, 2.45) is 15.9 Å². The topological polar surface area (TPSA) is 75.4 Å². The van der Waals surface area contributed by atoms with Crippen LogP contribution in [0.3, 0.4) is 0 Å². The van der Waals surface area contributed by atoms with Crippen molar-refractivity contribution in [1.82, 2.24) is 20.3 Å². The summed E-state index contributed by atoms with van der Waals surface area (Å²) in [5.74, 6) is 3.54. The normalized spacial score (nSPS) is 15.0. The Morgan fingerprint density at radius 3 is 1.48 bits per heavy atom. The van der Waals surface area contributed by atoms with Crippen LogP contribution in [0.2, 0.25) is 0 Å². The van der Waals surface area contributed by atoms with Crippen LogP contribution >= 0.6 is 22.7 Å². The number of nitrogens with one attached hydrogen (secondary N) is 1. The van der Waals surface area contributed by atoms with Crippen LogP contribution in [0, 0.1) is 5.92 Å². The molecule has 12 aromatic carbocycles. The number of hydrogen-bond acceptors (Lipinski definition) is 8. The Kier molecular flexibility index (Phi) is 15.2. The zero-order valence-electron chi connectivity index (χ0n) is 53.4. The second-order valence-electron chi connectivity index (χ2n) is 25.4.